The summed E-state index contributed by atoms with van der Waals surface area (Å²) in [6, 6.07) is 10.9. The quantitative estimate of drug-likeness (QED) is 0.715. The first-order valence-electron chi connectivity index (χ1n) is 6.63. The first-order valence-corrected chi connectivity index (χ1v) is 6.63. The Hall–Kier alpha value is -1.76. The van der Waals surface area contributed by atoms with Gasteiger partial charge in [0.25, 0.3) is 0 Å². The molecule has 1 unspecified atom stereocenters. The Kier molecular flexibility index (Phi) is 5.99. The average Bonchev–Trinajstić information content (AvgIpc) is 2.44. The lowest BCUT2D eigenvalue weighted by Gasteiger charge is -2.24. The Morgan fingerprint density at radius 2 is 1.78 bits per heavy atom. The second-order valence-electron chi connectivity index (χ2n) is 4.09. The Balaban J connectivity index is 0.000000771. The van der Waals surface area contributed by atoms with Gasteiger partial charge in [-0.2, -0.15) is 0 Å². The number of benzene rings is 1. The van der Waals surface area contributed by atoms with Crippen LogP contribution in [0.15, 0.2) is 61.0 Å². The zero-order chi connectivity index (χ0) is 13.4. The van der Waals surface area contributed by atoms with Crippen LogP contribution in [0.4, 0.5) is 0 Å². The van der Waals surface area contributed by atoms with Crippen LogP contribution in [0.1, 0.15) is 33.3 Å². The van der Waals surface area contributed by atoms with Gasteiger partial charge in [-0.3, -0.25) is 0 Å². The van der Waals surface area contributed by atoms with Crippen LogP contribution in [0.3, 0.4) is 0 Å². The molecule has 1 aromatic rings. The number of allylic oxidation sites excluding steroid dienone is 3. The van der Waals surface area contributed by atoms with Crippen LogP contribution >= 0.6 is 0 Å². The van der Waals surface area contributed by atoms with E-state index in [0.29, 0.717) is 6.04 Å². The summed E-state index contributed by atoms with van der Waals surface area (Å²) in [5, 5.41) is 0. The van der Waals surface area contributed by atoms with Gasteiger partial charge in [-0.25, -0.2) is 0 Å². The molecular weight excluding hydrogens is 218 g/mol. The normalized spacial score (nSPS) is 18.3. The molecule has 1 heteroatoms. The number of rotatable bonds is 2. The Morgan fingerprint density at radius 1 is 1.11 bits per heavy atom. The summed E-state index contributed by atoms with van der Waals surface area (Å²) in [6.07, 6.45) is 10.6. The molecule has 0 radical (unpaired) electrons. The van der Waals surface area contributed by atoms with Gasteiger partial charge in [0.1, 0.15) is 0 Å². The van der Waals surface area contributed by atoms with Crippen molar-refractivity contribution in [3.05, 3.63) is 66.5 Å². The van der Waals surface area contributed by atoms with E-state index in [2.05, 4.69) is 73.6 Å². The SMILES string of the molecule is C/C(=C\N1C=CC=CC1C)c1ccccc1.CC. The van der Waals surface area contributed by atoms with Crippen LogP contribution in [0.2, 0.25) is 0 Å². The van der Waals surface area contributed by atoms with E-state index >= 15 is 0 Å². The molecule has 1 heterocycles. The summed E-state index contributed by atoms with van der Waals surface area (Å²) in [4.78, 5) is 2.22. The summed E-state index contributed by atoms with van der Waals surface area (Å²) in [7, 11) is 0. The van der Waals surface area contributed by atoms with Gasteiger partial charge in [0.05, 0.1) is 0 Å². The van der Waals surface area contributed by atoms with Crippen molar-refractivity contribution in [3.63, 3.8) is 0 Å². The fourth-order valence-corrected chi connectivity index (χ4v) is 1.77. The minimum absolute atomic E-state index is 0.434. The lowest BCUT2D eigenvalue weighted by atomic mass is 10.1. The molecule has 0 saturated heterocycles. The van der Waals surface area contributed by atoms with E-state index in [-0.39, 0.29) is 0 Å². The molecule has 1 aliphatic heterocycles. The molecule has 0 saturated carbocycles. The maximum absolute atomic E-state index is 2.22. The van der Waals surface area contributed by atoms with Crippen LogP contribution in [0.25, 0.3) is 5.57 Å². The molecule has 0 N–H and O–H groups in total. The predicted molar refractivity (Wildman–Crippen MR) is 81.0 cm³/mol. The molecule has 96 valence electrons. The largest absolute Gasteiger partial charge is 0.347 e. The molecule has 0 fully saturated rings. The molecule has 0 spiro atoms. The van der Waals surface area contributed by atoms with Crippen molar-refractivity contribution in [2.45, 2.75) is 33.7 Å². The molecule has 1 aromatic carbocycles. The van der Waals surface area contributed by atoms with E-state index in [1.807, 2.05) is 19.9 Å². The summed E-state index contributed by atoms with van der Waals surface area (Å²) in [6.45, 7) is 8.34. The topological polar surface area (TPSA) is 3.24 Å². The predicted octanol–water partition coefficient (Wildman–Crippen LogP) is 4.85. The average molecular weight is 241 g/mol. The Bertz CT molecular complexity index is 426. The number of nitrogens with zero attached hydrogens (tertiary/aromatic N) is 1. The fraction of sp³-hybridized carbons (Fsp3) is 0.294. The Labute approximate surface area is 111 Å². The van der Waals surface area contributed by atoms with Crippen LogP contribution in [0.5, 0.6) is 0 Å². The minimum Gasteiger partial charge on any atom is -0.347 e. The van der Waals surface area contributed by atoms with Crippen LogP contribution in [-0.2, 0) is 0 Å². The third kappa shape index (κ3) is 3.92. The van der Waals surface area contributed by atoms with E-state index in [1.54, 1.807) is 0 Å². The van der Waals surface area contributed by atoms with Crippen molar-refractivity contribution in [2.24, 2.45) is 0 Å². The van der Waals surface area contributed by atoms with Crippen molar-refractivity contribution in [1.29, 1.82) is 0 Å². The van der Waals surface area contributed by atoms with Crippen molar-refractivity contribution in [3.8, 4) is 0 Å². The number of hydrogen-bond acceptors (Lipinski definition) is 1. The van der Waals surface area contributed by atoms with E-state index in [4.69, 9.17) is 0 Å². The van der Waals surface area contributed by atoms with Gasteiger partial charge in [-0.05, 0) is 31.1 Å². The molecule has 0 aliphatic carbocycles. The van der Waals surface area contributed by atoms with Gasteiger partial charge >= 0.3 is 0 Å². The lowest BCUT2D eigenvalue weighted by molar-refractivity contribution is 0.448. The van der Waals surface area contributed by atoms with E-state index in [9.17, 15) is 0 Å². The highest BCUT2D eigenvalue weighted by molar-refractivity contribution is 5.63. The van der Waals surface area contributed by atoms with Crippen molar-refractivity contribution in [2.75, 3.05) is 0 Å². The first kappa shape index (κ1) is 14.3. The van der Waals surface area contributed by atoms with Gasteiger partial charge in [-0.15, -0.1) is 0 Å². The van der Waals surface area contributed by atoms with Gasteiger partial charge in [0, 0.05) is 18.4 Å². The van der Waals surface area contributed by atoms with Gasteiger partial charge in [-0.1, -0.05) is 56.3 Å². The van der Waals surface area contributed by atoms with E-state index in [1.165, 1.54) is 11.1 Å². The zero-order valence-electron chi connectivity index (χ0n) is 11.8. The van der Waals surface area contributed by atoms with Crippen LogP contribution < -0.4 is 0 Å². The molecule has 0 bridgehead atoms. The molecule has 0 amide bonds. The number of hydrogen-bond donors (Lipinski definition) is 0. The fourth-order valence-electron chi connectivity index (χ4n) is 1.77. The second-order valence-corrected chi connectivity index (χ2v) is 4.09. The van der Waals surface area contributed by atoms with E-state index < -0.39 is 0 Å². The molecule has 2 rings (SSSR count). The monoisotopic (exact) mass is 241 g/mol. The zero-order valence-corrected chi connectivity index (χ0v) is 11.8. The highest BCUT2D eigenvalue weighted by atomic mass is 15.1. The van der Waals surface area contributed by atoms with Crippen molar-refractivity contribution in [1.82, 2.24) is 4.90 Å². The molecule has 18 heavy (non-hydrogen) atoms. The van der Waals surface area contributed by atoms with Crippen molar-refractivity contribution >= 4 is 5.57 Å². The van der Waals surface area contributed by atoms with E-state index in [0.717, 1.165) is 0 Å². The summed E-state index contributed by atoms with van der Waals surface area (Å²) < 4.78 is 0. The third-order valence-corrected chi connectivity index (χ3v) is 2.80. The molecule has 0 aromatic heterocycles. The highest BCUT2D eigenvalue weighted by Crippen LogP contribution is 2.17. The first-order chi connectivity index (χ1) is 8.77. The van der Waals surface area contributed by atoms with Crippen molar-refractivity contribution < 1.29 is 0 Å². The second kappa shape index (κ2) is 7.54. The molecule has 1 atom stereocenters. The maximum atomic E-state index is 2.22. The third-order valence-electron chi connectivity index (χ3n) is 2.80. The molecular formula is C17H23N. The summed E-state index contributed by atoms with van der Waals surface area (Å²) in [5.74, 6) is 0. The Morgan fingerprint density at radius 3 is 2.39 bits per heavy atom. The molecule has 1 aliphatic rings. The highest BCUT2D eigenvalue weighted by Gasteiger charge is 2.06. The molecule has 1 nitrogen and oxygen atoms in total. The minimum atomic E-state index is 0.434. The van der Waals surface area contributed by atoms with Crippen LogP contribution in [0, 0.1) is 0 Å². The summed E-state index contributed by atoms with van der Waals surface area (Å²) >= 11 is 0. The standard InChI is InChI=1S/C15H17N.C2H6/c1-13(15-9-4-3-5-10-15)12-16-11-7-6-8-14(16)2;1-2/h3-12,14H,1-2H3;1-2H3/b13-12+;. The maximum Gasteiger partial charge on any atom is 0.0485 e. The van der Waals surface area contributed by atoms with Gasteiger partial charge in [0.15, 0.2) is 0 Å². The van der Waals surface area contributed by atoms with Gasteiger partial charge < -0.3 is 4.90 Å². The summed E-state index contributed by atoms with van der Waals surface area (Å²) in [5.41, 5.74) is 2.56. The lowest BCUT2D eigenvalue weighted by Crippen LogP contribution is -2.22. The smallest absolute Gasteiger partial charge is 0.0485 e. The van der Waals surface area contributed by atoms with Crippen LogP contribution in [-0.4, -0.2) is 10.9 Å². The van der Waals surface area contributed by atoms with Gasteiger partial charge in [0.2, 0.25) is 0 Å².